The highest BCUT2D eigenvalue weighted by Crippen LogP contribution is 2.32. The molecule has 7 heteroatoms. The van der Waals surface area contributed by atoms with Crippen molar-refractivity contribution in [2.45, 2.75) is 32.2 Å². The third-order valence-corrected chi connectivity index (χ3v) is 5.71. The minimum absolute atomic E-state index is 0. The van der Waals surface area contributed by atoms with Crippen LogP contribution in [0.25, 0.3) is 10.2 Å². The lowest BCUT2D eigenvalue weighted by Crippen LogP contribution is -2.37. The van der Waals surface area contributed by atoms with Gasteiger partial charge in [-0.1, -0.05) is 20.8 Å². The number of amides is 1. The highest BCUT2D eigenvalue weighted by Gasteiger charge is 2.23. The Kier molecular flexibility index (Phi) is 5.37. The van der Waals surface area contributed by atoms with Crippen molar-refractivity contribution < 1.29 is 4.79 Å². The molecule has 2 aromatic rings. The molecule has 22 heavy (non-hydrogen) atoms. The van der Waals surface area contributed by atoms with Crippen molar-refractivity contribution in [2.24, 2.45) is 0 Å². The van der Waals surface area contributed by atoms with Gasteiger partial charge in [-0.05, 0) is 18.2 Å². The monoisotopic (exact) mass is 357 g/mol. The van der Waals surface area contributed by atoms with Gasteiger partial charge < -0.3 is 5.32 Å². The second-order valence-corrected chi connectivity index (χ2v) is 8.27. The Morgan fingerprint density at radius 3 is 2.82 bits per heavy atom. The summed E-state index contributed by atoms with van der Waals surface area (Å²) >= 11 is 3.45. The number of carbonyl (C=O) groups excluding carboxylic acids is 1. The standard InChI is InChI=1S/C15H19N3OS2.ClH/c1-15(2,3)14-18-10-5-4-9(6-12(10)21-14)17-13(19)11-7-20-8-16-11;/h4-6,11,16H,7-8H2,1-3H3,(H,17,19);1H. The largest absolute Gasteiger partial charge is 0.325 e. The van der Waals surface area contributed by atoms with Gasteiger partial charge in [0, 0.05) is 22.7 Å². The Labute approximate surface area is 144 Å². The lowest BCUT2D eigenvalue weighted by atomic mass is 9.98. The van der Waals surface area contributed by atoms with Gasteiger partial charge in [-0.15, -0.1) is 35.5 Å². The van der Waals surface area contributed by atoms with Gasteiger partial charge in [0.1, 0.15) is 0 Å². The number of anilines is 1. The number of carbonyl (C=O) groups is 1. The molecule has 1 saturated heterocycles. The van der Waals surface area contributed by atoms with Crippen molar-refractivity contribution in [3.8, 4) is 0 Å². The van der Waals surface area contributed by atoms with Gasteiger partial charge in [0.2, 0.25) is 5.91 Å². The first-order chi connectivity index (χ1) is 9.93. The summed E-state index contributed by atoms with van der Waals surface area (Å²) in [5, 5.41) is 7.29. The molecule has 0 bridgehead atoms. The Hall–Kier alpha value is -0.820. The summed E-state index contributed by atoms with van der Waals surface area (Å²) in [7, 11) is 0. The number of aromatic nitrogens is 1. The maximum absolute atomic E-state index is 12.1. The lowest BCUT2D eigenvalue weighted by Gasteiger charge is -2.13. The molecule has 120 valence electrons. The van der Waals surface area contributed by atoms with Crippen LogP contribution < -0.4 is 10.6 Å². The molecule has 2 heterocycles. The zero-order valence-electron chi connectivity index (χ0n) is 12.8. The van der Waals surface area contributed by atoms with Crippen LogP contribution in [0.1, 0.15) is 25.8 Å². The van der Waals surface area contributed by atoms with Crippen LogP contribution >= 0.6 is 35.5 Å². The summed E-state index contributed by atoms with van der Waals surface area (Å²) in [4.78, 5) is 16.8. The molecule has 0 aliphatic carbocycles. The number of benzene rings is 1. The first-order valence-corrected chi connectivity index (χ1v) is 8.94. The van der Waals surface area contributed by atoms with E-state index >= 15 is 0 Å². The van der Waals surface area contributed by atoms with E-state index in [0.29, 0.717) is 0 Å². The van der Waals surface area contributed by atoms with Gasteiger partial charge in [-0.25, -0.2) is 4.98 Å². The fourth-order valence-electron chi connectivity index (χ4n) is 2.12. The van der Waals surface area contributed by atoms with E-state index in [0.717, 1.165) is 32.5 Å². The van der Waals surface area contributed by atoms with E-state index in [1.54, 1.807) is 23.1 Å². The molecule has 1 atom stereocenters. The Morgan fingerprint density at radius 2 is 2.18 bits per heavy atom. The number of fused-ring (bicyclic) bond motifs is 1. The number of hydrogen-bond donors (Lipinski definition) is 2. The molecule has 3 rings (SSSR count). The average molecular weight is 358 g/mol. The number of nitrogens with zero attached hydrogens (tertiary/aromatic N) is 1. The summed E-state index contributed by atoms with van der Waals surface area (Å²) in [6.07, 6.45) is 0. The van der Waals surface area contributed by atoms with Gasteiger partial charge >= 0.3 is 0 Å². The van der Waals surface area contributed by atoms with Gasteiger partial charge in [0.25, 0.3) is 0 Å². The predicted molar refractivity (Wildman–Crippen MR) is 98.4 cm³/mol. The highest BCUT2D eigenvalue weighted by molar-refractivity contribution is 7.99. The minimum Gasteiger partial charge on any atom is -0.325 e. The Morgan fingerprint density at radius 1 is 1.41 bits per heavy atom. The van der Waals surface area contributed by atoms with Crippen LogP contribution in [0.4, 0.5) is 5.69 Å². The van der Waals surface area contributed by atoms with Crippen molar-refractivity contribution >= 4 is 57.3 Å². The summed E-state index contributed by atoms with van der Waals surface area (Å²) in [6.45, 7) is 6.49. The molecular formula is C15H20ClN3OS2. The molecule has 1 aromatic heterocycles. The molecule has 4 nitrogen and oxygen atoms in total. The SMILES string of the molecule is CC(C)(C)c1nc2ccc(NC(=O)C3CSCN3)cc2s1.Cl. The van der Waals surface area contributed by atoms with Crippen molar-refractivity contribution in [3.63, 3.8) is 0 Å². The highest BCUT2D eigenvalue weighted by atomic mass is 35.5. The Bertz CT molecular complexity index is 675. The first-order valence-electron chi connectivity index (χ1n) is 6.96. The minimum atomic E-state index is -0.0858. The summed E-state index contributed by atoms with van der Waals surface area (Å²) in [5.74, 6) is 1.73. The molecule has 0 spiro atoms. The summed E-state index contributed by atoms with van der Waals surface area (Å²) < 4.78 is 1.12. The summed E-state index contributed by atoms with van der Waals surface area (Å²) in [5.41, 5.74) is 1.89. The maximum atomic E-state index is 12.1. The molecule has 1 amide bonds. The number of halogens is 1. The van der Waals surface area contributed by atoms with Crippen molar-refractivity contribution in [3.05, 3.63) is 23.2 Å². The molecule has 1 fully saturated rings. The fourth-order valence-corrected chi connectivity index (χ4v) is 4.12. The quantitative estimate of drug-likeness (QED) is 0.862. The smallest absolute Gasteiger partial charge is 0.242 e. The maximum Gasteiger partial charge on any atom is 0.242 e. The van der Waals surface area contributed by atoms with Crippen LogP contribution in [0.15, 0.2) is 18.2 Å². The number of rotatable bonds is 2. The van der Waals surface area contributed by atoms with Gasteiger partial charge in [-0.2, -0.15) is 0 Å². The van der Waals surface area contributed by atoms with Crippen LogP contribution in [-0.2, 0) is 10.2 Å². The van der Waals surface area contributed by atoms with E-state index < -0.39 is 0 Å². The second kappa shape index (κ2) is 6.74. The molecular weight excluding hydrogens is 338 g/mol. The van der Waals surface area contributed by atoms with Crippen LogP contribution in [0, 0.1) is 0 Å². The Balaban J connectivity index is 0.00000176. The van der Waals surface area contributed by atoms with E-state index in [2.05, 4.69) is 36.4 Å². The van der Waals surface area contributed by atoms with Gasteiger partial charge in [0.15, 0.2) is 0 Å². The van der Waals surface area contributed by atoms with Crippen LogP contribution in [0.2, 0.25) is 0 Å². The molecule has 0 saturated carbocycles. The number of nitrogens with one attached hydrogen (secondary N) is 2. The van der Waals surface area contributed by atoms with Crippen LogP contribution in [0.3, 0.4) is 0 Å². The van der Waals surface area contributed by atoms with E-state index in [9.17, 15) is 4.79 Å². The molecule has 0 radical (unpaired) electrons. The second-order valence-electron chi connectivity index (χ2n) is 6.21. The molecule has 1 aromatic carbocycles. The predicted octanol–water partition coefficient (Wildman–Crippen LogP) is 3.62. The molecule has 1 unspecified atom stereocenters. The average Bonchev–Trinajstić information content (AvgIpc) is 3.06. The number of hydrogen-bond acceptors (Lipinski definition) is 5. The molecule has 2 N–H and O–H groups in total. The lowest BCUT2D eigenvalue weighted by molar-refractivity contribution is -0.117. The van der Waals surface area contributed by atoms with E-state index in [4.69, 9.17) is 0 Å². The third-order valence-electron chi connectivity index (χ3n) is 3.33. The van der Waals surface area contributed by atoms with Crippen molar-refractivity contribution in [2.75, 3.05) is 16.9 Å². The summed E-state index contributed by atoms with van der Waals surface area (Å²) in [6, 6.07) is 5.84. The number of thiazole rings is 1. The van der Waals surface area contributed by atoms with Crippen molar-refractivity contribution in [1.29, 1.82) is 0 Å². The fraction of sp³-hybridized carbons (Fsp3) is 0.467. The zero-order valence-corrected chi connectivity index (χ0v) is 15.3. The van der Waals surface area contributed by atoms with E-state index in [1.165, 1.54) is 0 Å². The third kappa shape index (κ3) is 3.74. The molecule has 1 aliphatic rings. The zero-order chi connectivity index (χ0) is 15.0. The topological polar surface area (TPSA) is 54.0 Å². The van der Waals surface area contributed by atoms with E-state index in [1.807, 2.05) is 18.2 Å². The van der Waals surface area contributed by atoms with Crippen molar-refractivity contribution in [1.82, 2.24) is 10.3 Å². The van der Waals surface area contributed by atoms with Crippen LogP contribution in [0.5, 0.6) is 0 Å². The van der Waals surface area contributed by atoms with E-state index in [-0.39, 0.29) is 29.8 Å². The van der Waals surface area contributed by atoms with Gasteiger partial charge in [0.05, 0.1) is 21.3 Å². The van der Waals surface area contributed by atoms with Crippen LogP contribution in [-0.4, -0.2) is 28.6 Å². The van der Waals surface area contributed by atoms with Gasteiger partial charge in [-0.3, -0.25) is 10.1 Å². The number of thioether (sulfide) groups is 1. The normalized spacial score (nSPS) is 18.2. The first kappa shape index (κ1) is 17.5. The molecule has 1 aliphatic heterocycles.